The van der Waals surface area contributed by atoms with Crippen LogP contribution in [0.15, 0.2) is 42.5 Å². The molecule has 2 fully saturated rings. The van der Waals surface area contributed by atoms with Gasteiger partial charge >= 0.3 is 5.97 Å². The van der Waals surface area contributed by atoms with E-state index in [1.807, 2.05) is 31.2 Å². The van der Waals surface area contributed by atoms with Gasteiger partial charge in [-0.25, -0.2) is 9.78 Å². The zero-order chi connectivity index (χ0) is 23.4. The van der Waals surface area contributed by atoms with Crippen LogP contribution in [0.2, 0.25) is 0 Å². The number of thiophene rings is 1. The van der Waals surface area contributed by atoms with Crippen molar-refractivity contribution in [2.24, 2.45) is 5.92 Å². The summed E-state index contributed by atoms with van der Waals surface area (Å²) in [6.07, 6.45) is 5.01. The van der Waals surface area contributed by atoms with Crippen molar-refractivity contribution in [1.82, 2.24) is 4.98 Å². The molecule has 2 atom stereocenters. The topological polar surface area (TPSA) is 68.7 Å². The molecule has 2 aliphatic heterocycles. The van der Waals surface area contributed by atoms with Crippen LogP contribution < -0.4 is 4.74 Å². The number of aromatic nitrogens is 1. The maximum absolute atomic E-state index is 12.4. The fraction of sp³-hybridized carbons (Fsp3) is 0.357. The number of hydrogen-bond donors (Lipinski definition) is 1. The fourth-order valence-electron chi connectivity index (χ4n) is 5.58. The van der Waals surface area contributed by atoms with E-state index in [9.17, 15) is 9.90 Å². The number of carbonyl (C=O) groups is 1. The van der Waals surface area contributed by atoms with Crippen LogP contribution in [-0.4, -0.2) is 34.9 Å². The van der Waals surface area contributed by atoms with Gasteiger partial charge in [-0.1, -0.05) is 24.3 Å². The summed E-state index contributed by atoms with van der Waals surface area (Å²) >= 11 is 1.65. The number of rotatable bonds is 5. The van der Waals surface area contributed by atoms with Gasteiger partial charge in [0.05, 0.1) is 45.9 Å². The molecule has 2 aromatic heterocycles. The Morgan fingerprint density at radius 3 is 2.65 bits per heavy atom. The third-order valence-corrected chi connectivity index (χ3v) is 8.59. The number of carboxylic acid groups (broad SMARTS) is 1. The molecule has 0 aliphatic carbocycles. The normalized spacial score (nSPS) is 21.9. The van der Waals surface area contributed by atoms with E-state index in [4.69, 9.17) is 14.5 Å². The second-order valence-electron chi connectivity index (χ2n) is 9.62. The second kappa shape index (κ2) is 8.36. The molecule has 4 aromatic rings. The molecule has 5 nitrogen and oxygen atoms in total. The zero-order valence-electron chi connectivity index (χ0n) is 19.3. The molecule has 0 spiro atoms. The van der Waals surface area contributed by atoms with Crippen LogP contribution in [0.5, 0.6) is 5.75 Å². The van der Waals surface area contributed by atoms with Crippen molar-refractivity contribution >= 4 is 38.3 Å². The molecular weight excluding hydrogens is 446 g/mol. The molecule has 174 valence electrons. The van der Waals surface area contributed by atoms with Crippen molar-refractivity contribution in [2.45, 2.75) is 51.7 Å². The highest BCUT2D eigenvalue weighted by molar-refractivity contribution is 7.22. The molecular formula is C28H27NO4S. The molecule has 2 aromatic carbocycles. The highest BCUT2D eigenvalue weighted by Gasteiger charge is 2.35. The number of nitrogens with zero attached hydrogens (tertiary/aromatic N) is 1. The van der Waals surface area contributed by atoms with E-state index in [0.29, 0.717) is 47.1 Å². The predicted molar refractivity (Wildman–Crippen MR) is 135 cm³/mol. The summed E-state index contributed by atoms with van der Waals surface area (Å²) in [5.41, 5.74) is 3.70. The van der Waals surface area contributed by atoms with Crippen LogP contribution in [0.3, 0.4) is 0 Å². The van der Waals surface area contributed by atoms with Crippen LogP contribution in [-0.2, 0) is 4.74 Å². The molecule has 2 bridgehead atoms. The summed E-state index contributed by atoms with van der Waals surface area (Å²) in [5, 5.41) is 11.9. The molecule has 6 rings (SSSR count). The van der Waals surface area contributed by atoms with E-state index in [0.717, 1.165) is 41.7 Å². The third kappa shape index (κ3) is 3.65. The van der Waals surface area contributed by atoms with Gasteiger partial charge < -0.3 is 14.6 Å². The number of benzene rings is 2. The van der Waals surface area contributed by atoms with E-state index >= 15 is 0 Å². The fourth-order valence-corrected chi connectivity index (χ4v) is 6.75. The smallest absolute Gasteiger partial charge is 0.336 e. The average molecular weight is 474 g/mol. The molecule has 0 amide bonds. The summed E-state index contributed by atoms with van der Waals surface area (Å²) in [7, 11) is 0. The predicted octanol–water partition coefficient (Wildman–Crippen LogP) is 6.77. The van der Waals surface area contributed by atoms with Crippen molar-refractivity contribution in [3.05, 3.63) is 59.2 Å². The van der Waals surface area contributed by atoms with Crippen LogP contribution in [0.4, 0.5) is 0 Å². The average Bonchev–Trinajstić information content (AvgIpc) is 3.36. The van der Waals surface area contributed by atoms with E-state index in [1.54, 1.807) is 17.4 Å². The Morgan fingerprint density at radius 1 is 1.15 bits per heavy atom. The Kier molecular flexibility index (Phi) is 5.30. The largest absolute Gasteiger partial charge is 0.493 e. The van der Waals surface area contributed by atoms with Crippen molar-refractivity contribution in [2.75, 3.05) is 6.61 Å². The van der Waals surface area contributed by atoms with Gasteiger partial charge in [0, 0.05) is 4.70 Å². The summed E-state index contributed by atoms with van der Waals surface area (Å²) in [5.74, 6) is 0.0697. The van der Waals surface area contributed by atoms with Gasteiger partial charge in [0.2, 0.25) is 0 Å². The molecule has 0 radical (unpaired) electrons. The quantitative estimate of drug-likeness (QED) is 0.346. The number of pyridine rings is 1. The first-order chi connectivity index (χ1) is 16.5. The van der Waals surface area contributed by atoms with Gasteiger partial charge in [-0.15, -0.1) is 11.3 Å². The van der Waals surface area contributed by atoms with Crippen LogP contribution in [0.1, 0.15) is 47.2 Å². The molecule has 0 saturated carbocycles. The molecule has 2 unspecified atom stereocenters. The van der Waals surface area contributed by atoms with E-state index < -0.39 is 5.97 Å². The Balaban J connectivity index is 1.42. The molecule has 2 aliphatic rings. The Morgan fingerprint density at radius 2 is 1.91 bits per heavy atom. The Labute approximate surface area is 202 Å². The monoisotopic (exact) mass is 473 g/mol. The molecule has 34 heavy (non-hydrogen) atoms. The first-order valence-corrected chi connectivity index (χ1v) is 12.7. The minimum Gasteiger partial charge on any atom is -0.493 e. The summed E-state index contributed by atoms with van der Waals surface area (Å²) in [6, 6.07) is 13.8. The van der Waals surface area contributed by atoms with Crippen molar-refractivity contribution in [3.8, 4) is 16.3 Å². The van der Waals surface area contributed by atoms with E-state index in [1.165, 1.54) is 10.1 Å². The number of aromatic carboxylic acids is 1. The Bertz CT molecular complexity index is 1410. The van der Waals surface area contributed by atoms with Gasteiger partial charge in [-0.2, -0.15) is 0 Å². The maximum Gasteiger partial charge on any atom is 0.336 e. The Hall–Kier alpha value is -2.96. The number of ether oxygens (including phenoxy) is 2. The van der Waals surface area contributed by atoms with Gasteiger partial charge in [0.15, 0.2) is 0 Å². The summed E-state index contributed by atoms with van der Waals surface area (Å²) < 4.78 is 13.4. The second-order valence-corrected chi connectivity index (χ2v) is 10.7. The molecule has 4 heterocycles. The number of fused-ring (bicyclic) bond motifs is 4. The third-order valence-electron chi connectivity index (χ3n) is 7.29. The lowest BCUT2D eigenvalue weighted by atomic mass is 9.96. The molecule has 6 heteroatoms. The van der Waals surface area contributed by atoms with Crippen LogP contribution >= 0.6 is 11.3 Å². The molecule has 1 N–H and O–H groups in total. The maximum atomic E-state index is 12.4. The summed E-state index contributed by atoms with van der Waals surface area (Å²) in [6.45, 7) is 4.63. The van der Waals surface area contributed by atoms with Crippen LogP contribution in [0, 0.1) is 19.8 Å². The SMILES string of the molecule is Cc1c(-c2cc(C(=O)O)c3c(OCC4CC5CCC(C4)O5)ccc(C)c3n2)sc2ccccc12. The minimum atomic E-state index is -0.966. The number of hydrogen-bond acceptors (Lipinski definition) is 5. The van der Waals surface area contributed by atoms with Crippen molar-refractivity contribution < 1.29 is 19.4 Å². The first-order valence-electron chi connectivity index (χ1n) is 11.9. The van der Waals surface area contributed by atoms with Crippen LogP contribution in [0.25, 0.3) is 31.6 Å². The van der Waals surface area contributed by atoms with Gasteiger partial charge in [0.25, 0.3) is 0 Å². The van der Waals surface area contributed by atoms with E-state index in [2.05, 4.69) is 19.1 Å². The van der Waals surface area contributed by atoms with E-state index in [-0.39, 0.29) is 5.56 Å². The standard InChI is InChI=1S/C28H27NO4S/c1-15-7-10-23(32-14-17-11-18-8-9-19(12-17)33-18)25-21(28(30)31)13-22(29-26(15)25)27-16(2)20-5-3-4-6-24(20)34-27/h3-7,10,13,17-19H,8-9,11-12,14H2,1-2H3,(H,30,31). The lowest BCUT2D eigenvalue weighted by Gasteiger charge is -2.28. The highest BCUT2D eigenvalue weighted by atomic mass is 32.1. The molecule has 2 saturated heterocycles. The zero-order valence-corrected chi connectivity index (χ0v) is 20.2. The van der Waals surface area contributed by atoms with Gasteiger partial charge in [-0.05, 0) is 80.2 Å². The number of aryl methyl sites for hydroxylation is 2. The first kappa shape index (κ1) is 21.6. The lowest BCUT2D eigenvalue weighted by Crippen LogP contribution is -2.28. The lowest BCUT2D eigenvalue weighted by molar-refractivity contribution is -0.0282. The minimum absolute atomic E-state index is 0.239. The number of carboxylic acids is 1. The highest BCUT2D eigenvalue weighted by Crippen LogP contribution is 2.41. The summed E-state index contributed by atoms with van der Waals surface area (Å²) in [4.78, 5) is 18.4. The van der Waals surface area contributed by atoms with Gasteiger partial charge in [-0.3, -0.25) is 0 Å². The van der Waals surface area contributed by atoms with Gasteiger partial charge in [0.1, 0.15) is 5.75 Å². The van der Waals surface area contributed by atoms with Crippen molar-refractivity contribution in [1.29, 1.82) is 0 Å². The van der Waals surface area contributed by atoms with Crippen molar-refractivity contribution in [3.63, 3.8) is 0 Å².